The maximum atomic E-state index is 5.75. The van der Waals surface area contributed by atoms with Gasteiger partial charge in [-0.1, -0.05) is 34.8 Å². The van der Waals surface area contributed by atoms with Crippen molar-refractivity contribution >= 4 is 46.4 Å². The van der Waals surface area contributed by atoms with Gasteiger partial charge in [0.25, 0.3) is 0 Å². The molecule has 56 valence electrons. The fourth-order valence-corrected chi connectivity index (χ4v) is 1.58. The highest BCUT2D eigenvalue weighted by molar-refractivity contribution is 6.44. The van der Waals surface area contributed by atoms with Crippen LogP contribution in [0.2, 0.25) is 0 Å². The van der Waals surface area contributed by atoms with Gasteiger partial charge < -0.3 is 0 Å². The van der Waals surface area contributed by atoms with E-state index in [9.17, 15) is 0 Å². The van der Waals surface area contributed by atoms with Crippen molar-refractivity contribution in [3.8, 4) is 0 Å². The SMILES string of the molecule is ClC1=CC(Cl)=C(Cl)CC1Cl. The summed E-state index contributed by atoms with van der Waals surface area (Å²) in [5, 5.41) is 1.40. The maximum Gasteiger partial charge on any atom is 0.0742 e. The largest absolute Gasteiger partial charge is 0.116 e. The van der Waals surface area contributed by atoms with Crippen LogP contribution in [-0.2, 0) is 0 Å². The number of halogens is 4. The van der Waals surface area contributed by atoms with Gasteiger partial charge in [-0.2, -0.15) is 0 Å². The van der Waals surface area contributed by atoms with E-state index >= 15 is 0 Å². The maximum absolute atomic E-state index is 5.75. The molecule has 1 aliphatic carbocycles. The number of alkyl halides is 1. The molecule has 0 radical (unpaired) electrons. The van der Waals surface area contributed by atoms with Crippen LogP contribution in [-0.4, -0.2) is 5.38 Å². The minimum Gasteiger partial charge on any atom is -0.116 e. The molecule has 10 heavy (non-hydrogen) atoms. The minimum absolute atomic E-state index is 0.211. The summed E-state index contributed by atoms with van der Waals surface area (Å²) in [4.78, 5) is 0. The summed E-state index contributed by atoms with van der Waals surface area (Å²) in [6, 6.07) is 0. The Balaban J connectivity index is 2.88. The molecule has 0 spiro atoms. The van der Waals surface area contributed by atoms with Crippen molar-refractivity contribution in [1.82, 2.24) is 0 Å². The Morgan fingerprint density at radius 2 is 1.90 bits per heavy atom. The number of hydrogen-bond donors (Lipinski definition) is 0. The van der Waals surface area contributed by atoms with Crippen LogP contribution in [0, 0.1) is 0 Å². The molecule has 0 aromatic rings. The number of hydrogen-bond acceptors (Lipinski definition) is 0. The summed E-state index contributed by atoms with van der Waals surface area (Å²) in [6.07, 6.45) is 2.10. The summed E-state index contributed by atoms with van der Waals surface area (Å²) in [7, 11) is 0. The Bertz CT molecular complexity index is 204. The molecule has 0 saturated carbocycles. The third-order valence-corrected chi connectivity index (χ3v) is 2.85. The molecule has 1 atom stereocenters. The topological polar surface area (TPSA) is 0 Å². The zero-order chi connectivity index (χ0) is 7.72. The molecule has 4 heteroatoms. The molecular formula is C6H4Cl4. The molecule has 0 saturated heterocycles. The fraction of sp³-hybridized carbons (Fsp3) is 0.333. The summed E-state index contributed by atoms with van der Waals surface area (Å²) in [5.41, 5.74) is 0. The van der Waals surface area contributed by atoms with E-state index in [2.05, 4.69) is 0 Å². The lowest BCUT2D eigenvalue weighted by atomic mass is 10.2. The van der Waals surface area contributed by atoms with Gasteiger partial charge in [-0.3, -0.25) is 0 Å². The van der Waals surface area contributed by atoms with Gasteiger partial charge in [0.1, 0.15) is 0 Å². The molecule has 0 aromatic carbocycles. The van der Waals surface area contributed by atoms with E-state index in [0.29, 0.717) is 21.5 Å². The van der Waals surface area contributed by atoms with Crippen LogP contribution in [0.15, 0.2) is 21.2 Å². The average Bonchev–Trinajstić information content (AvgIpc) is 1.84. The molecular weight excluding hydrogens is 214 g/mol. The van der Waals surface area contributed by atoms with Crippen LogP contribution in [0.5, 0.6) is 0 Å². The molecule has 0 aliphatic heterocycles. The molecule has 1 aliphatic rings. The first-order valence-electron chi connectivity index (χ1n) is 2.66. The van der Waals surface area contributed by atoms with Gasteiger partial charge in [-0.15, -0.1) is 11.6 Å². The van der Waals surface area contributed by atoms with Crippen molar-refractivity contribution in [1.29, 1.82) is 0 Å². The first kappa shape index (κ1) is 8.73. The van der Waals surface area contributed by atoms with Gasteiger partial charge >= 0.3 is 0 Å². The normalized spacial score (nSPS) is 26.8. The smallest absolute Gasteiger partial charge is 0.0742 e. The van der Waals surface area contributed by atoms with Gasteiger partial charge in [0.05, 0.1) is 10.4 Å². The third-order valence-electron chi connectivity index (χ3n) is 1.18. The molecule has 0 bridgehead atoms. The van der Waals surface area contributed by atoms with Gasteiger partial charge in [0.15, 0.2) is 0 Å². The van der Waals surface area contributed by atoms with Crippen molar-refractivity contribution in [3.63, 3.8) is 0 Å². The Morgan fingerprint density at radius 3 is 2.40 bits per heavy atom. The van der Waals surface area contributed by atoms with E-state index in [1.165, 1.54) is 0 Å². The second-order valence-electron chi connectivity index (χ2n) is 1.95. The van der Waals surface area contributed by atoms with Gasteiger partial charge in [0.2, 0.25) is 0 Å². The summed E-state index contributed by atoms with van der Waals surface area (Å²) in [5.74, 6) is 0. The van der Waals surface area contributed by atoms with Crippen LogP contribution >= 0.6 is 46.4 Å². The molecule has 0 N–H and O–H groups in total. The number of rotatable bonds is 0. The third kappa shape index (κ3) is 1.82. The Hall–Kier alpha value is 0.640. The predicted octanol–water partition coefficient (Wildman–Crippen LogP) is 3.81. The molecule has 0 nitrogen and oxygen atoms in total. The van der Waals surface area contributed by atoms with Crippen molar-refractivity contribution in [2.45, 2.75) is 11.8 Å². The monoisotopic (exact) mass is 216 g/mol. The Morgan fingerprint density at radius 1 is 1.30 bits per heavy atom. The van der Waals surface area contributed by atoms with E-state index in [1.807, 2.05) is 0 Å². The number of allylic oxidation sites excluding steroid dienone is 4. The lowest BCUT2D eigenvalue weighted by molar-refractivity contribution is 1.00. The van der Waals surface area contributed by atoms with Crippen LogP contribution < -0.4 is 0 Å². The van der Waals surface area contributed by atoms with Gasteiger partial charge in [0, 0.05) is 16.5 Å². The molecule has 0 amide bonds. The zero-order valence-electron chi connectivity index (χ0n) is 4.87. The Kier molecular flexibility index (Phi) is 2.93. The van der Waals surface area contributed by atoms with E-state index in [-0.39, 0.29) is 5.38 Å². The highest BCUT2D eigenvalue weighted by Gasteiger charge is 2.17. The minimum atomic E-state index is -0.211. The van der Waals surface area contributed by atoms with Crippen molar-refractivity contribution in [3.05, 3.63) is 21.2 Å². The lowest BCUT2D eigenvalue weighted by Crippen LogP contribution is -2.03. The van der Waals surface area contributed by atoms with Crippen LogP contribution in [0.4, 0.5) is 0 Å². The van der Waals surface area contributed by atoms with Crippen molar-refractivity contribution in [2.75, 3.05) is 0 Å². The van der Waals surface area contributed by atoms with Crippen LogP contribution in [0.1, 0.15) is 6.42 Å². The highest BCUT2D eigenvalue weighted by atomic mass is 35.5. The first-order chi connectivity index (χ1) is 4.61. The lowest BCUT2D eigenvalue weighted by Gasteiger charge is -2.13. The summed E-state index contributed by atoms with van der Waals surface area (Å²) < 4.78 is 0. The second-order valence-corrected chi connectivity index (χ2v) is 3.78. The van der Waals surface area contributed by atoms with E-state index < -0.39 is 0 Å². The quantitative estimate of drug-likeness (QED) is 0.542. The van der Waals surface area contributed by atoms with Crippen molar-refractivity contribution < 1.29 is 0 Å². The van der Waals surface area contributed by atoms with Gasteiger partial charge in [-0.25, -0.2) is 0 Å². The van der Waals surface area contributed by atoms with Gasteiger partial charge in [-0.05, 0) is 6.08 Å². The van der Waals surface area contributed by atoms with Crippen LogP contribution in [0.25, 0.3) is 0 Å². The standard InChI is InChI=1S/C6H4Cl4/c7-3-1-4(8)6(10)2-5(3)9/h1,5H,2H2. The summed E-state index contributed by atoms with van der Waals surface area (Å²) >= 11 is 22.8. The second kappa shape index (κ2) is 3.36. The van der Waals surface area contributed by atoms with E-state index in [0.717, 1.165) is 0 Å². The summed E-state index contributed by atoms with van der Waals surface area (Å²) in [6.45, 7) is 0. The molecule has 1 rings (SSSR count). The Labute approximate surface area is 79.4 Å². The fourth-order valence-electron chi connectivity index (χ4n) is 0.642. The molecule has 0 aromatic heterocycles. The highest BCUT2D eigenvalue weighted by Crippen LogP contribution is 2.33. The molecule has 0 fully saturated rings. The average molecular weight is 218 g/mol. The van der Waals surface area contributed by atoms with E-state index in [4.69, 9.17) is 46.4 Å². The molecule has 0 heterocycles. The predicted molar refractivity (Wildman–Crippen MR) is 46.9 cm³/mol. The molecule has 1 unspecified atom stereocenters. The van der Waals surface area contributed by atoms with Crippen LogP contribution in [0.3, 0.4) is 0 Å². The first-order valence-corrected chi connectivity index (χ1v) is 4.23. The van der Waals surface area contributed by atoms with E-state index in [1.54, 1.807) is 6.08 Å². The zero-order valence-corrected chi connectivity index (χ0v) is 7.90. The van der Waals surface area contributed by atoms with Crippen molar-refractivity contribution in [2.24, 2.45) is 0 Å².